The number of hydrogen-bond donors (Lipinski definition) is 2. The van der Waals surface area contributed by atoms with Crippen LogP contribution in [0.1, 0.15) is 36.2 Å². The predicted octanol–water partition coefficient (Wildman–Crippen LogP) is 1.07. The molecule has 1 heterocycles. The molecule has 0 aromatic carbocycles. The van der Waals surface area contributed by atoms with Crippen LogP contribution in [0.3, 0.4) is 0 Å². The van der Waals surface area contributed by atoms with Crippen LogP contribution in [0, 0.1) is 0 Å². The van der Waals surface area contributed by atoms with E-state index in [0.29, 0.717) is 5.82 Å². The van der Waals surface area contributed by atoms with Crippen LogP contribution in [-0.2, 0) is 9.53 Å². The minimum absolute atomic E-state index is 0.0490. The Morgan fingerprint density at radius 3 is 2.58 bits per heavy atom. The molecule has 0 bridgehead atoms. The number of nitrogens with zero attached hydrogens (tertiary/aromatic N) is 2. The summed E-state index contributed by atoms with van der Waals surface area (Å²) in [6.45, 7) is 0. The van der Waals surface area contributed by atoms with Gasteiger partial charge in [0, 0.05) is 5.54 Å². The number of nitrogens with one attached hydrogen (secondary N) is 1. The molecular formula is C12H15N3O4. The van der Waals surface area contributed by atoms with Crippen LogP contribution in [0.4, 0.5) is 5.82 Å². The second kappa shape index (κ2) is 5.21. The summed E-state index contributed by atoms with van der Waals surface area (Å²) < 4.78 is 4.52. The molecule has 1 aliphatic carbocycles. The average Bonchev–Trinajstić information content (AvgIpc) is 2.35. The van der Waals surface area contributed by atoms with Crippen molar-refractivity contribution < 1.29 is 19.4 Å². The first-order valence-electron chi connectivity index (χ1n) is 5.97. The van der Waals surface area contributed by atoms with Gasteiger partial charge in [0.2, 0.25) is 0 Å². The molecule has 1 aromatic rings. The fourth-order valence-corrected chi connectivity index (χ4v) is 2.12. The molecule has 0 spiro atoms. The molecular weight excluding hydrogens is 250 g/mol. The quantitative estimate of drug-likeness (QED) is 0.768. The zero-order valence-corrected chi connectivity index (χ0v) is 10.5. The largest absolute Gasteiger partial charge is 0.481 e. The molecule has 1 aliphatic rings. The van der Waals surface area contributed by atoms with Crippen molar-refractivity contribution >= 4 is 17.8 Å². The van der Waals surface area contributed by atoms with Gasteiger partial charge in [0.1, 0.15) is 5.82 Å². The standard InChI is InChI=1S/C12H15N3O4/c1-19-11(18)8-3-4-9(15-14-8)13-12(5-2-6-12)7-10(16)17/h3-4H,2,5-7H2,1H3,(H,13,15)(H,16,17). The molecule has 7 nitrogen and oxygen atoms in total. The maximum atomic E-state index is 11.2. The highest BCUT2D eigenvalue weighted by Crippen LogP contribution is 2.37. The van der Waals surface area contributed by atoms with Crippen molar-refractivity contribution in [3.05, 3.63) is 17.8 Å². The number of aromatic nitrogens is 2. The molecule has 19 heavy (non-hydrogen) atoms. The summed E-state index contributed by atoms with van der Waals surface area (Å²) in [4.78, 5) is 22.0. The number of aliphatic carboxylic acids is 1. The van der Waals surface area contributed by atoms with E-state index >= 15 is 0 Å². The molecule has 2 N–H and O–H groups in total. The third kappa shape index (κ3) is 2.98. The van der Waals surface area contributed by atoms with E-state index in [1.807, 2.05) is 0 Å². The van der Waals surface area contributed by atoms with Gasteiger partial charge in [0.15, 0.2) is 5.69 Å². The van der Waals surface area contributed by atoms with E-state index in [4.69, 9.17) is 5.11 Å². The molecule has 1 aromatic heterocycles. The summed E-state index contributed by atoms with van der Waals surface area (Å²) in [5.41, 5.74) is -0.318. The van der Waals surface area contributed by atoms with Gasteiger partial charge in [-0.1, -0.05) is 0 Å². The number of methoxy groups -OCH3 is 1. The third-order valence-electron chi connectivity index (χ3n) is 3.25. The van der Waals surface area contributed by atoms with Crippen molar-refractivity contribution in [2.45, 2.75) is 31.2 Å². The number of carboxylic acids is 1. The highest BCUT2D eigenvalue weighted by atomic mass is 16.5. The van der Waals surface area contributed by atoms with Crippen molar-refractivity contribution in [2.75, 3.05) is 12.4 Å². The van der Waals surface area contributed by atoms with E-state index in [1.54, 1.807) is 6.07 Å². The van der Waals surface area contributed by atoms with Crippen molar-refractivity contribution in [1.82, 2.24) is 10.2 Å². The molecule has 2 rings (SSSR count). The highest BCUT2D eigenvalue weighted by Gasteiger charge is 2.39. The number of anilines is 1. The lowest BCUT2D eigenvalue weighted by Gasteiger charge is -2.41. The molecule has 0 radical (unpaired) electrons. The molecule has 1 saturated carbocycles. The Labute approximate surface area is 110 Å². The van der Waals surface area contributed by atoms with Gasteiger partial charge in [-0.15, -0.1) is 10.2 Å². The maximum Gasteiger partial charge on any atom is 0.358 e. The zero-order valence-electron chi connectivity index (χ0n) is 10.5. The second-order valence-electron chi connectivity index (χ2n) is 4.62. The number of carboxylic acid groups (broad SMARTS) is 1. The molecule has 0 aliphatic heterocycles. The van der Waals surface area contributed by atoms with E-state index in [2.05, 4.69) is 20.3 Å². The molecule has 0 unspecified atom stereocenters. The smallest absolute Gasteiger partial charge is 0.358 e. The van der Waals surface area contributed by atoms with Gasteiger partial charge in [0.05, 0.1) is 13.5 Å². The van der Waals surface area contributed by atoms with Gasteiger partial charge >= 0.3 is 11.9 Å². The molecule has 0 amide bonds. The van der Waals surface area contributed by atoms with Gasteiger partial charge in [-0.3, -0.25) is 4.79 Å². The van der Waals surface area contributed by atoms with Crippen LogP contribution in [0.2, 0.25) is 0 Å². The number of carbonyl (C=O) groups is 2. The van der Waals surface area contributed by atoms with Gasteiger partial charge < -0.3 is 15.2 Å². The van der Waals surface area contributed by atoms with Crippen LogP contribution in [0.15, 0.2) is 12.1 Å². The molecule has 0 saturated heterocycles. The number of esters is 1. The van der Waals surface area contributed by atoms with E-state index in [-0.39, 0.29) is 12.1 Å². The minimum Gasteiger partial charge on any atom is -0.481 e. The van der Waals surface area contributed by atoms with E-state index in [1.165, 1.54) is 13.2 Å². The van der Waals surface area contributed by atoms with E-state index in [9.17, 15) is 9.59 Å². The number of carbonyl (C=O) groups excluding carboxylic acids is 1. The Balaban J connectivity index is 2.06. The van der Waals surface area contributed by atoms with Gasteiger partial charge in [-0.05, 0) is 31.4 Å². The summed E-state index contributed by atoms with van der Waals surface area (Å²) in [6.07, 6.45) is 2.63. The topological polar surface area (TPSA) is 101 Å². The third-order valence-corrected chi connectivity index (χ3v) is 3.25. The van der Waals surface area contributed by atoms with Crippen molar-refractivity contribution in [1.29, 1.82) is 0 Å². The van der Waals surface area contributed by atoms with Crippen molar-refractivity contribution in [3.63, 3.8) is 0 Å². The van der Waals surface area contributed by atoms with Crippen molar-refractivity contribution in [2.24, 2.45) is 0 Å². The average molecular weight is 265 g/mol. The van der Waals surface area contributed by atoms with E-state index < -0.39 is 17.5 Å². The summed E-state index contributed by atoms with van der Waals surface area (Å²) in [5, 5.41) is 19.6. The zero-order chi connectivity index (χ0) is 13.9. The first kappa shape index (κ1) is 13.3. The summed E-state index contributed by atoms with van der Waals surface area (Å²) in [6, 6.07) is 3.09. The molecule has 7 heteroatoms. The summed E-state index contributed by atoms with van der Waals surface area (Å²) >= 11 is 0. The Bertz CT molecular complexity index is 482. The van der Waals surface area contributed by atoms with Crippen LogP contribution >= 0.6 is 0 Å². The normalized spacial score (nSPS) is 16.3. The highest BCUT2D eigenvalue weighted by molar-refractivity contribution is 5.87. The molecule has 1 fully saturated rings. The minimum atomic E-state index is -0.841. The lowest BCUT2D eigenvalue weighted by atomic mass is 9.74. The van der Waals surface area contributed by atoms with Gasteiger partial charge in [-0.25, -0.2) is 4.79 Å². The Kier molecular flexibility index (Phi) is 3.64. The van der Waals surface area contributed by atoms with Crippen LogP contribution < -0.4 is 5.32 Å². The van der Waals surface area contributed by atoms with E-state index in [0.717, 1.165) is 19.3 Å². The van der Waals surface area contributed by atoms with Gasteiger partial charge in [0.25, 0.3) is 0 Å². The van der Waals surface area contributed by atoms with Gasteiger partial charge in [-0.2, -0.15) is 0 Å². The number of hydrogen-bond acceptors (Lipinski definition) is 6. The lowest BCUT2D eigenvalue weighted by Crippen LogP contribution is -2.47. The maximum absolute atomic E-state index is 11.2. The number of rotatable bonds is 5. The Hall–Kier alpha value is -2.18. The first-order valence-corrected chi connectivity index (χ1v) is 5.97. The van der Waals surface area contributed by atoms with Crippen molar-refractivity contribution in [3.8, 4) is 0 Å². The lowest BCUT2D eigenvalue weighted by molar-refractivity contribution is -0.138. The van der Waals surface area contributed by atoms with Crippen LogP contribution in [0.5, 0.6) is 0 Å². The van der Waals surface area contributed by atoms with Crippen LogP contribution in [-0.4, -0.2) is 39.9 Å². The number of ether oxygens (including phenoxy) is 1. The molecule has 102 valence electrons. The Morgan fingerprint density at radius 2 is 2.16 bits per heavy atom. The monoisotopic (exact) mass is 265 g/mol. The summed E-state index contributed by atoms with van der Waals surface area (Å²) in [5.74, 6) is -0.928. The fourth-order valence-electron chi connectivity index (χ4n) is 2.12. The predicted molar refractivity (Wildman–Crippen MR) is 65.8 cm³/mol. The first-order chi connectivity index (χ1) is 9.04. The summed E-state index contributed by atoms with van der Waals surface area (Å²) in [7, 11) is 1.27. The van der Waals surface area contributed by atoms with Crippen LogP contribution in [0.25, 0.3) is 0 Å². The second-order valence-corrected chi connectivity index (χ2v) is 4.62. The SMILES string of the molecule is COC(=O)c1ccc(NC2(CC(=O)O)CCC2)nn1. The Morgan fingerprint density at radius 1 is 1.42 bits per heavy atom. The molecule has 0 atom stereocenters. The fraction of sp³-hybridized carbons (Fsp3) is 0.500.